The molecule has 1 heterocycles. The third-order valence-corrected chi connectivity index (χ3v) is 3.94. The number of rotatable bonds is 4. The quantitative estimate of drug-likeness (QED) is 0.438. The topological polar surface area (TPSA) is 115 Å². The van der Waals surface area contributed by atoms with Crippen molar-refractivity contribution in [1.29, 1.82) is 0 Å². The maximum atomic E-state index is 12.3. The second-order valence-electron chi connectivity index (χ2n) is 5.77. The van der Waals surface area contributed by atoms with Gasteiger partial charge < -0.3 is 9.72 Å². The maximum Gasteiger partial charge on any atom is 0.339 e. The number of fused-ring (bicyclic) bond motifs is 1. The van der Waals surface area contributed by atoms with Gasteiger partial charge in [0.15, 0.2) is 11.9 Å². The number of nitro groups is 1. The van der Waals surface area contributed by atoms with E-state index in [1.807, 2.05) is 0 Å². The molecule has 1 N–H and O–H groups in total. The number of aromatic amines is 1. The number of nitrogens with zero attached hydrogens (tertiary/aromatic N) is 2. The van der Waals surface area contributed by atoms with Crippen LogP contribution in [-0.2, 0) is 4.74 Å². The molecule has 0 aliphatic rings. The minimum absolute atomic E-state index is 0.0530. The average Bonchev–Trinajstić information content (AvgIpc) is 2.61. The Bertz CT molecular complexity index is 1070. The van der Waals surface area contributed by atoms with Crippen LogP contribution in [0, 0.1) is 17.0 Å². The Morgan fingerprint density at radius 2 is 2.00 bits per heavy atom. The standard InChI is InChI=1S/C18H15N3O5/c1-10-7-8-12(9-15(10)21(24)25)18(23)26-11(2)16-19-14-6-4-3-5-13(14)17(22)20-16/h3-9,11H,1-2H3,(H,19,20,22)/t11-/m0/s1. The third-order valence-electron chi connectivity index (χ3n) is 3.94. The highest BCUT2D eigenvalue weighted by Gasteiger charge is 2.20. The largest absolute Gasteiger partial charge is 0.451 e. The van der Waals surface area contributed by atoms with E-state index >= 15 is 0 Å². The van der Waals surface area contributed by atoms with Gasteiger partial charge in [-0.3, -0.25) is 14.9 Å². The fourth-order valence-electron chi connectivity index (χ4n) is 2.51. The maximum absolute atomic E-state index is 12.3. The summed E-state index contributed by atoms with van der Waals surface area (Å²) in [5, 5.41) is 11.4. The molecule has 0 saturated carbocycles. The fraction of sp³-hybridized carbons (Fsp3) is 0.167. The first-order chi connectivity index (χ1) is 12.4. The van der Waals surface area contributed by atoms with Gasteiger partial charge in [-0.15, -0.1) is 0 Å². The van der Waals surface area contributed by atoms with Crippen LogP contribution in [0.3, 0.4) is 0 Å². The molecule has 0 aliphatic carbocycles. The van der Waals surface area contributed by atoms with Gasteiger partial charge >= 0.3 is 5.97 Å². The lowest BCUT2D eigenvalue weighted by molar-refractivity contribution is -0.385. The Hall–Kier alpha value is -3.55. The molecule has 2 aromatic carbocycles. The monoisotopic (exact) mass is 353 g/mol. The third kappa shape index (κ3) is 3.30. The van der Waals surface area contributed by atoms with E-state index in [4.69, 9.17) is 4.74 Å². The van der Waals surface area contributed by atoms with Crippen LogP contribution in [0.25, 0.3) is 10.9 Å². The van der Waals surface area contributed by atoms with Crippen molar-refractivity contribution in [2.45, 2.75) is 20.0 Å². The van der Waals surface area contributed by atoms with Crippen molar-refractivity contribution >= 4 is 22.6 Å². The van der Waals surface area contributed by atoms with Gasteiger partial charge in [-0.25, -0.2) is 9.78 Å². The smallest absolute Gasteiger partial charge is 0.339 e. The molecule has 3 aromatic rings. The Kier molecular flexibility index (Phi) is 4.49. The van der Waals surface area contributed by atoms with Gasteiger partial charge in [0.1, 0.15) is 0 Å². The highest BCUT2D eigenvalue weighted by Crippen LogP contribution is 2.22. The molecule has 8 heteroatoms. The highest BCUT2D eigenvalue weighted by atomic mass is 16.6. The molecule has 0 unspecified atom stereocenters. The second-order valence-corrected chi connectivity index (χ2v) is 5.77. The first-order valence-corrected chi connectivity index (χ1v) is 7.82. The highest BCUT2D eigenvalue weighted by molar-refractivity contribution is 5.90. The molecule has 1 atom stereocenters. The predicted octanol–water partition coefficient (Wildman–Crippen LogP) is 3.06. The van der Waals surface area contributed by atoms with Gasteiger partial charge in [0.2, 0.25) is 0 Å². The number of ether oxygens (including phenoxy) is 1. The van der Waals surface area contributed by atoms with Crippen LogP contribution in [0.2, 0.25) is 0 Å². The number of esters is 1. The molecule has 0 radical (unpaired) electrons. The average molecular weight is 353 g/mol. The summed E-state index contributed by atoms with van der Waals surface area (Å²) < 4.78 is 5.31. The summed E-state index contributed by atoms with van der Waals surface area (Å²) in [7, 11) is 0. The first kappa shape index (κ1) is 17.3. The van der Waals surface area contributed by atoms with E-state index < -0.39 is 17.0 Å². The number of aromatic nitrogens is 2. The molecule has 0 saturated heterocycles. The summed E-state index contributed by atoms with van der Waals surface area (Å²) in [5.41, 5.74) is 0.487. The van der Waals surface area contributed by atoms with E-state index in [1.165, 1.54) is 18.2 Å². The van der Waals surface area contributed by atoms with E-state index in [9.17, 15) is 19.7 Å². The zero-order valence-corrected chi connectivity index (χ0v) is 14.1. The molecular formula is C18H15N3O5. The molecular weight excluding hydrogens is 338 g/mol. The predicted molar refractivity (Wildman–Crippen MR) is 94.0 cm³/mol. The normalized spacial score (nSPS) is 11.9. The summed E-state index contributed by atoms with van der Waals surface area (Å²) >= 11 is 0. The van der Waals surface area contributed by atoms with Gasteiger partial charge in [-0.05, 0) is 32.0 Å². The number of H-pyrrole nitrogens is 1. The van der Waals surface area contributed by atoms with E-state index in [0.29, 0.717) is 16.5 Å². The Morgan fingerprint density at radius 1 is 1.27 bits per heavy atom. The van der Waals surface area contributed by atoms with Crippen molar-refractivity contribution in [2.24, 2.45) is 0 Å². The molecule has 0 aliphatic heterocycles. The second kappa shape index (κ2) is 6.75. The lowest BCUT2D eigenvalue weighted by atomic mass is 10.1. The number of nitro benzene ring substituents is 1. The van der Waals surface area contributed by atoms with Crippen LogP contribution in [0.4, 0.5) is 5.69 Å². The number of hydrogen-bond acceptors (Lipinski definition) is 6. The zero-order chi connectivity index (χ0) is 18.8. The molecule has 8 nitrogen and oxygen atoms in total. The zero-order valence-electron chi connectivity index (χ0n) is 14.1. The van der Waals surface area contributed by atoms with Crippen LogP contribution in [0.15, 0.2) is 47.3 Å². The Balaban J connectivity index is 1.87. The minimum atomic E-state index is -0.833. The fourth-order valence-corrected chi connectivity index (χ4v) is 2.51. The number of carbonyl (C=O) groups excluding carboxylic acids is 1. The van der Waals surface area contributed by atoms with Gasteiger partial charge in [0, 0.05) is 11.6 Å². The lowest BCUT2D eigenvalue weighted by Gasteiger charge is -2.13. The summed E-state index contributed by atoms with van der Waals surface area (Å²) in [6, 6.07) is 10.9. The summed E-state index contributed by atoms with van der Waals surface area (Å²) in [4.78, 5) is 41.7. The van der Waals surface area contributed by atoms with Crippen molar-refractivity contribution in [2.75, 3.05) is 0 Å². The number of hydrogen-bond donors (Lipinski definition) is 1. The molecule has 3 rings (SSSR count). The number of carbonyl (C=O) groups is 1. The minimum Gasteiger partial charge on any atom is -0.451 e. The van der Waals surface area contributed by atoms with Crippen molar-refractivity contribution in [3.63, 3.8) is 0 Å². The summed E-state index contributed by atoms with van der Waals surface area (Å²) in [6.45, 7) is 3.15. The molecule has 1 aromatic heterocycles. The SMILES string of the molecule is Cc1ccc(C(=O)O[C@@H](C)c2nc3ccccc3c(=O)[nH]2)cc1[N+](=O)[O-]. The van der Waals surface area contributed by atoms with Gasteiger partial charge in [0.25, 0.3) is 11.2 Å². The van der Waals surface area contributed by atoms with Crippen LogP contribution in [0.1, 0.15) is 34.8 Å². The number of nitrogens with one attached hydrogen (secondary N) is 1. The van der Waals surface area contributed by atoms with Gasteiger partial charge in [-0.2, -0.15) is 0 Å². The lowest BCUT2D eigenvalue weighted by Crippen LogP contribution is -2.17. The molecule has 0 fully saturated rings. The molecule has 0 amide bonds. The summed E-state index contributed by atoms with van der Waals surface area (Å²) in [6.07, 6.45) is -0.833. The van der Waals surface area contributed by atoms with Crippen LogP contribution < -0.4 is 5.56 Å². The number of benzene rings is 2. The van der Waals surface area contributed by atoms with Crippen LogP contribution in [-0.4, -0.2) is 20.9 Å². The van der Waals surface area contributed by atoms with Gasteiger partial charge in [-0.1, -0.05) is 18.2 Å². The van der Waals surface area contributed by atoms with Crippen LogP contribution >= 0.6 is 0 Å². The number of para-hydroxylation sites is 1. The van der Waals surface area contributed by atoms with Crippen molar-refractivity contribution in [3.05, 3.63) is 79.9 Å². The Morgan fingerprint density at radius 3 is 2.73 bits per heavy atom. The number of aryl methyl sites for hydroxylation is 1. The molecule has 0 spiro atoms. The van der Waals surface area contributed by atoms with E-state index in [-0.39, 0.29) is 22.6 Å². The van der Waals surface area contributed by atoms with Crippen molar-refractivity contribution in [3.8, 4) is 0 Å². The van der Waals surface area contributed by atoms with E-state index in [2.05, 4.69) is 9.97 Å². The molecule has 26 heavy (non-hydrogen) atoms. The first-order valence-electron chi connectivity index (χ1n) is 7.82. The Labute approximate surface area is 147 Å². The van der Waals surface area contributed by atoms with E-state index in [1.54, 1.807) is 38.1 Å². The molecule has 0 bridgehead atoms. The summed E-state index contributed by atoms with van der Waals surface area (Å²) in [5.74, 6) is -0.542. The van der Waals surface area contributed by atoms with E-state index in [0.717, 1.165) is 0 Å². The van der Waals surface area contributed by atoms with Crippen molar-refractivity contribution < 1.29 is 14.5 Å². The van der Waals surface area contributed by atoms with Gasteiger partial charge in [0.05, 0.1) is 21.4 Å². The van der Waals surface area contributed by atoms with Crippen molar-refractivity contribution in [1.82, 2.24) is 9.97 Å². The van der Waals surface area contributed by atoms with Crippen LogP contribution in [0.5, 0.6) is 0 Å². The molecule has 132 valence electrons.